The normalized spacial score (nSPS) is 11.3. The molecule has 0 aromatic heterocycles. The zero-order valence-corrected chi connectivity index (χ0v) is 20.0. The van der Waals surface area contributed by atoms with Gasteiger partial charge in [0.1, 0.15) is 0 Å². The van der Waals surface area contributed by atoms with Gasteiger partial charge in [-0.2, -0.15) is 0 Å². The number of hydrogen-bond acceptors (Lipinski definition) is 0. The second-order valence-corrected chi connectivity index (χ2v) is 9.69. The van der Waals surface area contributed by atoms with Crippen molar-refractivity contribution in [1.29, 1.82) is 0 Å². The Kier molecular flexibility index (Phi) is 5.00. The molecule has 0 saturated heterocycles. The topological polar surface area (TPSA) is 0 Å². The molecule has 5 aromatic carbocycles. The van der Waals surface area contributed by atoms with Gasteiger partial charge in [0.15, 0.2) is 0 Å². The van der Waals surface area contributed by atoms with Crippen LogP contribution in [0.5, 0.6) is 0 Å². The van der Waals surface area contributed by atoms with E-state index in [-0.39, 0.29) is 0 Å². The quantitative estimate of drug-likeness (QED) is 0.205. The van der Waals surface area contributed by atoms with E-state index < -0.39 is 0 Å². The van der Waals surface area contributed by atoms with E-state index in [9.17, 15) is 0 Å². The highest BCUT2D eigenvalue weighted by molar-refractivity contribution is 9.10. The lowest BCUT2D eigenvalue weighted by atomic mass is 9.85. The fourth-order valence-corrected chi connectivity index (χ4v) is 4.95. The third-order valence-corrected chi connectivity index (χ3v) is 6.71. The van der Waals surface area contributed by atoms with Crippen molar-refractivity contribution in [2.45, 2.75) is 13.8 Å². The molecular formula is C28H20Br2. The van der Waals surface area contributed by atoms with E-state index in [1.807, 2.05) is 0 Å². The zero-order valence-electron chi connectivity index (χ0n) is 16.8. The van der Waals surface area contributed by atoms with Crippen molar-refractivity contribution in [2.75, 3.05) is 0 Å². The van der Waals surface area contributed by atoms with Gasteiger partial charge in [-0.1, -0.05) is 104 Å². The molecule has 0 radical (unpaired) electrons. The highest BCUT2D eigenvalue weighted by Gasteiger charge is 2.18. The van der Waals surface area contributed by atoms with Crippen LogP contribution in [0.2, 0.25) is 0 Å². The Balaban J connectivity index is 2.02. The molecule has 0 fully saturated rings. The van der Waals surface area contributed by atoms with Crippen LogP contribution in [0, 0.1) is 13.8 Å². The molecule has 0 bridgehead atoms. The number of benzene rings is 5. The fourth-order valence-electron chi connectivity index (χ4n) is 4.22. The molecule has 0 atom stereocenters. The number of rotatable bonds is 2. The van der Waals surface area contributed by atoms with Gasteiger partial charge in [0.25, 0.3) is 0 Å². The Morgan fingerprint density at radius 2 is 0.800 bits per heavy atom. The van der Waals surface area contributed by atoms with Crippen LogP contribution < -0.4 is 0 Å². The van der Waals surface area contributed by atoms with Gasteiger partial charge < -0.3 is 0 Å². The van der Waals surface area contributed by atoms with Crippen LogP contribution in [0.25, 0.3) is 43.8 Å². The van der Waals surface area contributed by atoms with Gasteiger partial charge in [0.05, 0.1) is 0 Å². The van der Waals surface area contributed by atoms with Crippen molar-refractivity contribution in [2.24, 2.45) is 0 Å². The summed E-state index contributed by atoms with van der Waals surface area (Å²) in [6.07, 6.45) is 0. The SMILES string of the molecule is Cc1ccc(-c2c(-c3ccc(C)cc3)c3ccc(Br)cc3c3cc(Br)ccc23)cc1. The minimum Gasteiger partial charge on any atom is -0.0587 e. The monoisotopic (exact) mass is 514 g/mol. The second kappa shape index (κ2) is 7.68. The van der Waals surface area contributed by atoms with Crippen molar-refractivity contribution >= 4 is 53.4 Å². The molecule has 0 aliphatic heterocycles. The predicted molar refractivity (Wildman–Crippen MR) is 137 cm³/mol. The molecule has 0 heterocycles. The third kappa shape index (κ3) is 3.38. The first-order valence-corrected chi connectivity index (χ1v) is 11.6. The summed E-state index contributed by atoms with van der Waals surface area (Å²) < 4.78 is 2.18. The van der Waals surface area contributed by atoms with Crippen LogP contribution in [0.3, 0.4) is 0 Å². The molecule has 30 heavy (non-hydrogen) atoms. The van der Waals surface area contributed by atoms with Crippen LogP contribution in [-0.4, -0.2) is 0 Å². The molecule has 0 spiro atoms. The molecular weight excluding hydrogens is 496 g/mol. The number of halogens is 2. The van der Waals surface area contributed by atoms with Gasteiger partial charge in [-0.3, -0.25) is 0 Å². The summed E-state index contributed by atoms with van der Waals surface area (Å²) in [5, 5.41) is 5.05. The summed E-state index contributed by atoms with van der Waals surface area (Å²) in [5.41, 5.74) is 7.61. The van der Waals surface area contributed by atoms with Crippen molar-refractivity contribution in [3.8, 4) is 22.3 Å². The van der Waals surface area contributed by atoms with Gasteiger partial charge >= 0.3 is 0 Å². The maximum Gasteiger partial charge on any atom is 0.0181 e. The van der Waals surface area contributed by atoms with Gasteiger partial charge in [0.2, 0.25) is 0 Å². The second-order valence-electron chi connectivity index (χ2n) is 7.86. The molecule has 0 saturated carbocycles. The number of hydrogen-bond donors (Lipinski definition) is 0. The summed E-state index contributed by atoms with van der Waals surface area (Å²) in [5.74, 6) is 0. The average molecular weight is 516 g/mol. The first kappa shape index (κ1) is 19.5. The smallest absolute Gasteiger partial charge is 0.0181 e. The van der Waals surface area contributed by atoms with E-state index in [2.05, 4.69) is 131 Å². The van der Waals surface area contributed by atoms with Crippen LogP contribution in [0.4, 0.5) is 0 Å². The maximum absolute atomic E-state index is 3.69. The first-order valence-electron chi connectivity index (χ1n) is 10.00. The van der Waals surface area contributed by atoms with Gasteiger partial charge in [-0.25, -0.2) is 0 Å². The summed E-state index contributed by atoms with van der Waals surface area (Å²) in [7, 11) is 0. The van der Waals surface area contributed by atoms with E-state index >= 15 is 0 Å². The lowest BCUT2D eigenvalue weighted by Gasteiger charge is -2.19. The molecule has 5 rings (SSSR count). The summed E-state index contributed by atoms with van der Waals surface area (Å²) in [6.45, 7) is 4.27. The molecule has 146 valence electrons. The lowest BCUT2D eigenvalue weighted by molar-refractivity contribution is 1.46. The van der Waals surface area contributed by atoms with Gasteiger partial charge in [-0.05, 0) is 81.9 Å². The standard InChI is InChI=1S/C28H20Br2/c1-17-3-7-19(8-4-17)27-23-13-11-21(29)15-25(23)26-16-22(30)12-14-24(26)28(27)20-9-5-18(2)6-10-20/h3-16H,1-2H3. The largest absolute Gasteiger partial charge is 0.0587 e. The van der Waals surface area contributed by atoms with Gasteiger partial charge in [0, 0.05) is 8.95 Å². The van der Waals surface area contributed by atoms with E-state index in [1.54, 1.807) is 0 Å². The Bertz CT molecular complexity index is 1290. The van der Waals surface area contributed by atoms with E-state index in [1.165, 1.54) is 54.9 Å². The van der Waals surface area contributed by atoms with Crippen LogP contribution in [0.15, 0.2) is 93.9 Å². The van der Waals surface area contributed by atoms with Crippen molar-refractivity contribution in [3.63, 3.8) is 0 Å². The molecule has 0 amide bonds. The van der Waals surface area contributed by atoms with Crippen molar-refractivity contribution in [3.05, 3.63) is 105 Å². The first-order chi connectivity index (χ1) is 14.5. The molecule has 0 N–H and O–H groups in total. The summed E-state index contributed by atoms with van der Waals surface area (Å²) in [4.78, 5) is 0. The zero-order chi connectivity index (χ0) is 20.8. The molecule has 2 heteroatoms. The van der Waals surface area contributed by atoms with Crippen LogP contribution in [-0.2, 0) is 0 Å². The highest BCUT2D eigenvalue weighted by atomic mass is 79.9. The Hall–Kier alpha value is -2.42. The van der Waals surface area contributed by atoms with E-state index in [0.717, 1.165) is 8.95 Å². The van der Waals surface area contributed by atoms with E-state index in [0.29, 0.717) is 0 Å². The lowest BCUT2D eigenvalue weighted by Crippen LogP contribution is -1.92. The minimum absolute atomic E-state index is 1.09. The summed E-state index contributed by atoms with van der Waals surface area (Å²) >= 11 is 7.37. The molecule has 0 nitrogen and oxygen atoms in total. The third-order valence-electron chi connectivity index (χ3n) is 5.72. The van der Waals surface area contributed by atoms with Crippen LogP contribution >= 0.6 is 31.9 Å². The Labute approximate surface area is 193 Å². The summed E-state index contributed by atoms with van der Waals surface area (Å²) in [6, 6.07) is 31.0. The Morgan fingerprint density at radius 3 is 1.17 bits per heavy atom. The van der Waals surface area contributed by atoms with Gasteiger partial charge in [-0.15, -0.1) is 0 Å². The Morgan fingerprint density at radius 1 is 0.433 bits per heavy atom. The molecule has 0 aliphatic carbocycles. The minimum atomic E-state index is 1.09. The van der Waals surface area contributed by atoms with Crippen molar-refractivity contribution in [1.82, 2.24) is 0 Å². The van der Waals surface area contributed by atoms with Crippen LogP contribution in [0.1, 0.15) is 11.1 Å². The highest BCUT2D eigenvalue weighted by Crippen LogP contribution is 2.45. The molecule has 0 unspecified atom stereocenters. The fraction of sp³-hybridized carbons (Fsp3) is 0.0714. The predicted octanol–water partition coefficient (Wildman–Crippen LogP) is 9.47. The number of fused-ring (bicyclic) bond motifs is 3. The molecule has 5 aromatic rings. The average Bonchev–Trinajstić information content (AvgIpc) is 2.74. The maximum atomic E-state index is 3.69. The van der Waals surface area contributed by atoms with Crippen molar-refractivity contribution < 1.29 is 0 Å². The number of aryl methyl sites for hydroxylation is 2. The molecule has 0 aliphatic rings. The van der Waals surface area contributed by atoms with E-state index in [4.69, 9.17) is 0 Å².